The molecule has 0 radical (unpaired) electrons. The van der Waals surface area contributed by atoms with Gasteiger partial charge in [-0.25, -0.2) is 4.79 Å². The number of carbonyl (C=O) groups is 6. The van der Waals surface area contributed by atoms with Crippen LogP contribution in [0.1, 0.15) is 59.9 Å². The van der Waals surface area contributed by atoms with Gasteiger partial charge in [-0.3, -0.25) is 24.0 Å². The standard InChI is InChI=1S/C29H45N5O9/c1-14(2)11-19(25(38)33-21(29(42)43)12-17-7-9-18(35)10-8-17)31-26(39)20(13-22(36)37)32-28(41)24(16(5)6)34-27(40)23(30)15(3)4/h7-10,14-16,19-21,23-24,35H,11-13,30H2,1-6H3,(H,31,39)(H,32,41)(H,33,38)(H,34,40)(H,36,37)(H,42,43)/t19-,20-,21-,23-,24-/m0/s1. The topological polar surface area (TPSA) is 237 Å². The highest BCUT2D eigenvalue weighted by Gasteiger charge is 2.34. The van der Waals surface area contributed by atoms with Crippen molar-refractivity contribution in [2.24, 2.45) is 23.5 Å². The SMILES string of the molecule is CC(C)C[C@H](NC(=O)[C@H](CC(=O)O)NC(=O)[C@@H](NC(=O)[C@@H](N)C(C)C)C(C)C)C(=O)N[C@@H](Cc1ccc(O)cc1)C(=O)O. The van der Waals surface area contributed by atoms with Crippen molar-refractivity contribution in [3.63, 3.8) is 0 Å². The monoisotopic (exact) mass is 607 g/mol. The van der Waals surface area contributed by atoms with Crippen LogP contribution in [0, 0.1) is 17.8 Å². The van der Waals surface area contributed by atoms with Crippen LogP contribution in [0.4, 0.5) is 0 Å². The zero-order valence-electron chi connectivity index (χ0n) is 25.4. The van der Waals surface area contributed by atoms with Crippen LogP contribution in [-0.2, 0) is 35.2 Å². The molecule has 0 aliphatic carbocycles. The van der Waals surface area contributed by atoms with Gasteiger partial charge in [-0.1, -0.05) is 53.7 Å². The molecule has 1 aromatic rings. The van der Waals surface area contributed by atoms with Crippen LogP contribution in [0.15, 0.2) is 24.3 Å². The van der Waals surface area contributed by atoms with Crippen LogP contribution >= 0.6 is 0 Å². The number of benzene rings is 1. The van der Waals surface area contributed by atoms with Crippen LogP contribution < -0.4 is 27.0 Å². The normalized spacial score (nSPS) is 14.7. The second-order valence-corrected chi connectivity index (χ2v) is 11.6. The minimum atomic E-state index is -1.61. The maximum absolute atomic E-state index is 13.2. The second kappa shape index (κ2) is 17.0. The Bertz CT molecular complexity index is 1140. The van der Waals surface area contributed by atoms with Crippen LogP contribution in [0.3, 0.4) is 0 Å². The molecule has 9 N–H and O–H groups in total. The lowest BCUT2D eigenvalue weighted by atomic mass is 9.99. The van der Waals surface area contributed by atoms with Gasteiger partial charge in [0.25, 0.3) is 0 Å². The number of carbonyl (C=O) groups excluding carboxylic acids is 4. The first-order chi connectivity index (χ1) is 19.9. The number of hydrogen-bond acceptors (Lipinski definition) is 8. The van der Waals surface area contributed by atoms with Crippen molar-refractivity contribution in [2.75, 3.05) is 0 Å². The number of carboxylic acids is 2. The molecule has 0 saturated carbocycles. The molecular formula is C29H45N5O9. The van der Waals surface area contributed by atoms with Crippen molar-refractivity contribution in [2.45, 2.75) is 91.0 Å². The molecule has 240 valence electrons. The fourth-order valence-electron chi connectivity index (χ4n) is 4.05. The van der Waals surface area contributed by atoms with E-state index in [2.05, 4.69) is 21.3 Å². The van der Waals surface area contributed by atoms with E-state index in [4.69, 9.17) is 5.73 Å². The largest absolute Gasteiger partial charge is 0.508 e. The van der Waals surface area contributed by atoms with Gasteiger partial charge in [0.05, 0.1) is 12.5 Å². The average molecular weight is 608 g/mol. The van der Waals surface area contributed by atoms with Crippen molar-refractivity contribution in [1.29, 1.82) is 0 Å². The van der Waals surface area contributed by atoms with Crippen molar-refractivity contribution in [3.05, 3.63) is 29.8 Å². The Morgan fingerprint density at radius 2 is 1.21 bits per heavy atom. The molecule has 0 bridgehead atoms. The fourth-order valence-corrected chi connectivity index (χ4v) is 4.05. The maximum Gasteiger partial charge on any atom is 0.326 e. The summed E-state index contributed by atoms with van der Waals surface area (Å²) >= 11 is 0. The minimum Gasteiger partial charge on any atom is -0.508 e. The first-order valence-corrected chi connectivity index (χ1v) is 14.1. The van der Waals surface area contributed by atoms with E-state index in [9.17, 15) is 44.1 Å². The maximum atomic E-state index is 13.2. The van der Waals surface area contributed by atoms with E-state index in [1.165, 1.54) is 24.3 Å². The predicted molar refractivity (Wildman–Crippen MR) is 157 cm³/mol. The van der Waals surface area contributed by atoms with Crippen LogP contribution in [0.5, 0.6) is 5.75 Å². The molecule has 5 atom stereocenters. The molecule has 0 aliphatic rings. The van der Waals surface area contributed by atoms with Gasteiger partial charge in [-0.05, 0) is 41.9 Å². The Labute approximate surface area is 251 Å². The summed E-state index contributed by atoms with van der Waals surface area (Å²) in [5.41, 5.74) is 6.41. The van der Waals surface area contributed by atoms with E-state index in [0.717, 1.165) is 0 Å². The molecule has 0 fully saturated rings. The van der Waals surface area contributed by atoms with Crippen LogP contribution in [-0.4, -0.2) is 81.1 Å². The summed E-state index contributed by atoms with van der Waals surface area (Å²) in [7, 11) is 0. The number of nitrogens with two attached hydrogens (primary N) is 1. The van der Waals surface area contributed by atoms with Crippen LogP contribution in [0.25, 0.3) is 0 Å². The highest BCUT2D eigenvalue weighted by molar-refractivity contribution is 5.96. The number of aromatic hydroxyl groups is 1. The second-order valence-electron chi connectivity index (χ2n) is 11.6. The number of phenols is 1. The Balaban J connectivity index is 3.13. The third kappa shape index (κ3) is 12.7. The third-order valence-corrected chi connectivity index (χ3v) is 6.61. The highest BCUT2D eigenvalue weighted by Crippen LogP contribution is 2.13. The Kier molecular flexibility index (Phi) is 14.6. The van der Waals surface area contributed by atoms with Gasteiger partial charge < -0.3 is 42.3 Å². The zero-order chi connectivity index (χ0) is 33.0. The summed E-state index contributed by atoms with van der Waals surface area (Å²) in [5.74, 6) is -6.74. The number of rotatable bonds is 17. The molecule has 1 rings (SSSR count). The molecule has 1 aromatic carbocycles. The summed E-state index contributed by atoms with van der Waals surface area (Å²) in [4.78, 5) is 75.5. The summed E-state index contributed by atoms with van der Waals surface area (Å²) in [5, 5.41) is 38.3. The molecule has 43 heavy (non-hydrogen) atoms. The Morgan fingerprint density at radius 1 is 0.698 bits per heavy atom. The van der Waals surface area contributed by atoms with Crippen molar-refractivity contribution in [1.82, 2.24) is 21.3 Å². The van der Waals surface area contributed by atoms with Gasteiger partial charge in [-0.15, -0.1) is 0 Å². The molecule has 0 heterocycles. The number of phenolic OH excluding ortho intramolecular Hbond substituents is 1. The van der Waals surface area contributed by atoms with Gasteiger partial charge >= 0.3 is 11.9 Å². The first-order valence-electron chi connectivity index (χ1n) is 14.1. The first kappa shape index (κ1) is 36.8. The Hall–Kier alpha value is -4.20. The molecular weight excluding hydrogens is 562 g/mol. The summed E-state index contributed by atoms with van der Waals surface area (Å²) in [6.07, 6.45) is -0.852. The minimum absolute atomic E-state index is 0.0106. The number of amides is 4. The van der Waals surface area contributed by atoms with E-state index in [1.807, 2.05) is 0 Å². The third-order valence-electron chi connectivity index (χ3n) is 6.61. The quantitative estimate of drug-likeness (QED) is 0.119. The molecule has 14 nitrogen and oxygen atoms in total. The molecule has 0 saturated heterocycles. The molecule has 0 spiro atoms. The molecule has 14 heteroatoms. The summed E-state index contributed by atoms with van der Waals surface area (Å²) < 4.78 is 0. The lowest BCUT2D eigenvalue weighted by Crippen LogP contribution is -2.60. The summed E-state index contributed by atoms with van der Waals surface area (Å²) in [6.45, 7) is 10.3. The lowest BCUT2D eigenvalue weighted by molar-refractivity contribution is -0.143. The number of carboxylic acid groups (broad SMARTS) is 2. The zero-order valence-corrected chi connectivity index (χ0v) is 25.4. The predicted octanol–water partition coefficient (Wildman–Crippen LogP) is 0.119. The van der Waals surface area contributed by atoms with Gasteiger partial charge in [0.15, 0.2) is 0 Å². The van der Waals surface area contributed by atoms with Crippen molar-refractivity contribution >= 4 is 35.6 Å². The van der Waals surface area contributed by atoms with Gasteiger partial charge in [0.1, 0.15) is 29.9 Å². The Morgan fingerprint density at radius 3 is 1.67 bits per heavy atom. The van der Waals surface area contributed by atoms with Gasteiger partial charge in [0, 0.05) is 6.42 Å². The number of hydrogen-bond donors (Lipinski definition) is 8. The molecule has 4 amide bonds. The van der Waals surface area contributed by atoms with Gasteiger partial charge in [0.2, 0.25) is 23.6 Å². The smallest absolute Gasteiger partial charge is 0.326 e. The van der Waals surface area contributed by atoms with E-state index >= 15 is 0 Å². The number of nitrogens with one attached hydrogen (secondary N) is 4. The van der Waals surface area contributed by atoms with Crippen molar-refractivity contribution in [3.8, 4) is 5.75 Å². The molecule has 0 aliphatic heterocycles. The fraction of sp³-hybridized carbons (Fsp3) is 0.586. The van der Waals surface area contributed by atoms with Gasteiger partial charge in [-0.2, -0.15) is 0 Å². The average Bonchev–Trinajstić information content (AvgIpc) is 2.89. The highest BCUT2D eigenvalue weighted by atomic mass is 16.4. The van der Waals surface area contributed by atoms with Crippen LogP contribution in [0.2, 0.25) is 0 Å². The lowest BCUT2D eigenvalue weighted by Gasteiger charge is -2.28. The summed E-state index contributed by atoms with van der Waals surface area (Å²) in [6, 6.07) is -0.501. The van der Waals surface area contributed by atoms with E-state index in [0.29, 0.717) is 5.56 Å². The van der Waals surface area contributed by atoms with E-state index in [1.54, 1.807) is 41.5 Å². The molecule has 0 unspecified atom stereocenters. The number of aliphatic carboxylic acids is 2. The molecule has 0 aromatic heterocycles. The van der Waals surface area contributed by atoms with E-state index in [-0.39, 0.29) is 30.4 Å². The van der Waals surface area contributed by atoms with E-state index < -0.39 is 78.1 Å². The van der Waals surface area contributed by atoms with Crippen molar-refractivity contribution < 1.29 is 44.1 Å².